The van der Waals surface area contributed by atoms with Crippen molar-refractivity contribution in [3.05, 3.63) is 64.4 Å². The molecule has 1 aliphatic rings. The molecule has 1 aromatic heterocycles. The molecule has 0 bridgehead atoms. The number of amides is 1. The number of H-pyrrole nitrogens is 1. The second-order valence-electron chi connectivity index (χ2n) is 8.01. The van der Waals surface area contributed by atoms with Gasteiger partial charge in [0.15, 0.2) is 0 Å². The number of thioether (sulfide) groups is 2. The van der Waals surface area contributed by atoms with E-state index in [-0.39, 0.29) is 11.5 Å². The van der Waals surface area contributed by atoms with Gasteiger partial charge in [-0.1, -0.05) is 50.1 Å². The number of rotatable bonds is 8. The lowest BCUT2D eigenvalue weighted by molar-refractivity contribution is -0.763. The van der Waals surface area contributed by atoms with Gasteiger partial charge >= 0.3 is 11.3 Å². The summed E-state index contributed by atoms with van der Waals surface area (Å²) in [6.07, 6.45) is 6.13. The Labute approximate surface area is 202 Å². The minimum absolute atomic E-state index is 0.101. The third-order valence-corrected chi connectivity index (χ3v) is 7.44. The molecule has 0 radical (unpaired) electrons. The molecular formula is C25H29N4O2S2+. The molecule has 0 aliphatic carbocycles. The van der Waals surface area contributed by atoms with E-state index in [0.29, 0.717) is 16.4 Å². The van der Waals surface area contributed by atoms with Crippen molar-refractivity contribution < 1.29 is 9.48 Å². The molecule has 0 saturated carbocycles. The Bertz CT molecular complexity index is 1190. The highest BCUT2D eigenvalue weighted by molar-refractivity contribution is 7.99. The second kappa shape index (κ2) is 10.6. The van der Waals surface area contributed by atoms with E-state index in [2.05, 4.69) is 11.9 Å². The summed E-state index contributed by atoms with van der Waals surface area (Å²) in [5.74, 6) is 0.790. The number of benzene rings is 2. The molecule has 0 fully saturated rings. The van der Waals surface area contributed by atoms with Crippen molar-refractivity contribution in [3.63, 3.8) is 0 Å². The fourth-order valence-electron chi connectivity index (χ4n) is 4.15. The number of aromatic nitrogens is 3. The molecule has 1 aliphatic heterocycles. The number of nitrogens with zero attached hydrogens (tertiary/aromatic N) is 3. The number of carbonyl (C=O) groups is 1. The maximum Gasteiger partial charge on any atom is 0.325 e. The zero-order valence-corrected chi connectivity index (χ0v) is 20.8. The minimum Gasteiger partial charge on any atom is -0.291 e. The highest BCUT2D eigenvalue weighted by atomic mass is 32.2. The van der Waals surface area contributed by atoms with Gasteiger partial charge in [-0.15, -0.1) is 11.8 Å². The summed E-state index contributed by atoms with van der Waals surface area (Å²) < 4.78 is 1.73. The van der Waals surface area contributed by atoms with Crippen LogP contribution in [0, 0.1) is 0 Å². The molecule has 0 spiro atoms. The van der Waals surface area contributed by atoms with Gasteiger partial charge < -0.3 is 0 Å². The van der Waals surface area contributed by atoms with E-state index in [1.165, 1.54) is 19.3 Å². The number of anilines is 1. The predicted molar refractivity (Wildman–Crippen MR) is 135 cm³/mol. The van der Waals surface area contributed by atoms with Crippen molar-refractivity contribution in [2.75, 3.05) is 16.9 Å². The zero-order chi connectivity index (χ0) is 23.4. The van der Waals surface area contributed by atoms with Gasteiger partial charge in [0.25, 0.3) is 6.17 Å². The van der Waals surface area contributed by atoms with E-state index in [9.17, 15) is 9.59 Å². The molecule has 172 valence electrons. The first-order valence-electron chi connectivity index (χ1n) is 11.3. The molecule has 1 amide bonds. The fraction of sp³-hybridized carbons (Fsp3) is 0.360. The molecule has 0 unspecified atom stereocenters. The summed E-state index contributed by atoms with van der Waals surface area (Å²) in [5, 5.41) is 5.43. The van der Waals surface area contributed by atoms with Crippen LogP contribution in [-0.4, -0.2) is 28.0 Å². The SMILES string of the molecule is CCCCCCSc1n[n+]2c(c(=O)[nH]1)-c1ccccc1N(C(C)=O)[C@H]2c1ccc(SC)cc1. The van der Waals surface area contributed by atoms with E-state index in [4.69, 9.17) is 5.10 Å². The normalized spacial score (nSPS) is 14.6. The van der Waals surface area contributed by atoms with Crippen molar-refractivity contribution in [2.24, 2.45) is 0 Å². The zero-order valence-electron chi connectivity index (χ0n) is 19.2. The Morgan fingerprint density at radius 3 is 2.58 bits per heavy atom. The predicted octanol–water partition coefficient (Wildman–Crippen LogP) is 5.03. The Morgan fingerprint density at radius 1 is 1.12 bits per heavy atom. The van der Waals surface area contributed by atoms with E-state index in [1.54, 1.807) is 40.0 Å². The molecule has 2 heterocycles. The summed E-state index contributed by atoms with van der Waals surface area (Å²) in [5.41, 5.74) is 2.61. The topological polar surface area (TPSA) is 69.9 Å². The van der Waals surface area contributed by atoms with Crippen LogP contribution in [0.5, 0.6) is 0 Å². The molecule has 1 atom stereocenters. The molecule has 0 saturated heterocycles. The van der Waals surface area contributed by atoms with Crippen molar-refractivity contribution in [2.45, 2.75) is 55.7 Å². The quantitative estimate of drug-likeness (QED) is 0.278. The maximum absolute atomic E-state index is 13.3. The van der Waals surface area contributed by atoms with Crippen molar-refractivity contribution in [1.82, 2.24) is 10.1 Å². The molecule has 3 aromatic rings. The van der Waals surface area contributed by atoms with Gasteiger partial charge in [0.1, 0.15) is 0 Å². The summed E-state index contributed by atoms with van der Waals surface area (Å²) in [6, 6.07) is 15.6. The minimum atomic E-state index is -0.537. The maximum atomic E-state index is 13.3. The number of carbonyl (C=O) groups excluding carboxylic acids is 1. The van der Waals surface area contributed by atoms with Gasteiger partial charge in [-0.25, -0.2) is 4.90 Å². The Kier molecular flexibility index (Phi) is 7.55. The lowest BCUT2D eigenvalue weighted by Gasteiger charge is -2.31. The van der Waals surface area contributed by atoms with Crippen LogP contribution in [0.1, 0.15) is 51.3 Å². The van der Waals surface area contributed by atoms with Gasteiger partial charge in [0, 0.05) is 28.2 Å². The van der Waals surface area contributed by atoms with Crippen LogP contribution in [0.25, 0.3) is 11.3 Å². The monoisotopic (exact) mass is 481 g/mol. The number of aromatic amines is 1. The van der Waals surface area contributed by atoms with Crippen LogP contribution in [-0.2, 0) is 4.79 Å². The first-order chi connectivity index (χ1) is 16.0. The molecule has 33 heavy (non-hydrogen) atoms. The Balaban J connectivity index is 1.83. The van der Waals surface area contributed by atoms with E-state index < -0.39 is 6.17 Å². The first-order valence-corrected chi connectivity index (χ1v) is 13.5. The van der Waals surface area contributed by atoms with Gasteiger partial charge in [-0.05, 0) is 53.8 Å². The molecule has 2 aromatic carbocycles. The van der Waals surface area contributed by atoms with Crippen LogP contribution in [0.2, 0.25) is 0 Å². The van der Waals surface area contributed by atoms with Crippen LogP contribution < -0.4 is 15.1 Å². The molecular weight excluding hydrogens is 452 g/mol. The Hall–Kier alpha value is -2.58. The summed E-state index contributed by atoms with van der Waals surface area (Å²) in [6.45, 7) is 3.75. The van der Waals surface area contributed by atoms with Crippen molar-refractivity contribution >= 4 is 35.1 Å². The van der Waals surface area contributed by atoms with Crippen molar-refractivity contribution in [1.29, 1.82) is 0 Å². The number of hydrogen-bond acceptors (Lipinski definition) is 5. The highest BCUT2D eigenvalue weighted by Gasteiger charge is 2.44. The highest BCUT2D eigenvalue weighted by Crippen LogP contribution is 2.37. The average molecular weight is 482 g/mol. The van der Waals surface area contributed by atoms with E-state index in [1.807, 2.05) is 54.8 Å². The van der Waals surface area contributed by atoms with Crippen LogP contribution in [0.3, 0.4) is 0 Å². The van der Waals surface area contributed by atoms with Crippen LogP contribution in [0.15, 0.2) is 63.4 Å². The van der Waals surface area contributed by atoms with Crippen LogP contribution >= 0.6 is 23.5 Å². The standard InChI is InChI=1S/C25H28N4O2S2/c1-4-5-6-9-16-33-25-26-23(31)22-20-10-7-8-11-21(20)28(17(2)30)24(29(22)27-25)18-12-14-19(32-3)15-13-18/h7-8,10-15,24H,4-6,9,16H2,1-3H3/p+1/t24-/m1/s1. The van der Waals surface area contributed by atoms with Gasteiger partial charge in [-0.2, -0.15) is 0 Å². The molecule has 6 nitrogen and oxygen atoms in total. The van der Waals surface area contributed by atoms with Crippen LogP contribution in [0.4, 0.5) is 5.69 Å². The number of unbranched alkanes of at least 4 members (excludes halogenated alkanes) is 3. The average Bonchev–Trinajstić information content (AvgIpc) is 2.82. The van der Waals surface area contributed by atoms with Gasteiger partial charge in [-0.3, -0.25) is 14.6 Å². The second-order valence-corrected chi connectivity index (χ2v) is 9.98. The molecule has 1 N–H and O–H groups in total. The summed E-state index contributed by atoms with van der Waals surface area (Å²) in [4.78, 5) is 32.1. The van der Waals surface area contributed by atoms with Gasteiger partial charge in [0.2, 0.25) is 11.1 Å². The van der Waals surface area contributed by atoms with Gasteiger partial charge in [0.05, 0.1) is 11.3 Å². The third-order valence-electron chi connectivity index (χ3n) is 5.75. The summed E-state index contributed by atoms with van der Waals surface area (Å²) >= 11 is 3.22. The largest absolute Gasteiger partial charge is 0.325 e. The molecule has 8 heteroatoms. The first kappa shape index (κ1) is 23.6. The fourth-order valence-corrected chi connectivity index (χ4v) is 5.41. The number of para-hydroxylation sites is 1. The van der Waals surface area contributed by atoms with E-state index >= 15 is 0 Å². The van der Waals surface area contributed by atoms with Crippen molar-refractivity contribution in [3.8, 4) is 11.3 Å². The number of fused-ring (bicyclic) bond motifs is 3. The lowest BCUT2D eigenvalue weighted by Crippen LogP contribution is -2.60. The lowest BCUT2D eigenvalue weighted by atomic mass is 10.0. The number of hydrogen-bond donors (Lipinski definition) is 1. The smallest absolute Gasteiger partial charge is 0.291 e. The summed E-state index contributed by atoms with van der Waals surface area (Å²) in [7, 11) is 0. The Morgan fingerprint density at radius 2 is 1.88 bits per heavy atom. The molecule has 4 rings (SSSR count). The third kappa shape index (κ3) is 4.87. The van der Waals surface area contributed by atoms with E-state index in [0.717, 1.165) is 28.3 Å². The number of nitrogens with one attached hydrogen (secondary N) is 1.